The van der Waals surface area contributed by atoms with Crippen LogP contribution < -0.4 is 10.6 Å². The number of hydrogen-bond donors (Lipinski definition) is 1. The molecule has 0 atom stereocenters. The molecule has 2 rings (SSSR count). The van der Waals surface area contributed by atoms with Crippen LogP contribution in [0.2, 0.25) is 0 Å². The summed E-state index contributed by atoms with van der Waals surface area (Å²) in [6.07, 6.45) is 4.75. The topological polar surface area (TPSA) is 29.3 Å². The third kappa shape index (κ3) is 2.77. The van der Waals surface area contributed by atoms with Crippen LogP contribution in [0.25, 0.3) is 0 Å². The van der Waals surface area contributed by atoms with Gasteiger partial charge in [0.15, 0.2) is 0 Å². The summed E-state index contributed by atoms with van der Waals surface area (Å²) in [5.74, 6) is 0. The molecule has 1 aliphatic rings. The monoisotopic (exact) mass is 282 g/mol. The van der Waals surface area contributed by atoms with Crippen molar-refractivity contribution in [1.82, 2.24) is 0 Å². The largest absolute Gasteiger partial charge is 0.372 e. The number of rotatable bonds is 2. The van der Waals surface area contributed by atoms with Gasteiger partial charge in [-0.15, -0.1) is 0 Å². The van der Waals surface area contributed by atoms with E-state index < -0.39 is 0 Å². The Morgan fingerprint density at radius 1 is 1.12 bits per heavy atom. The maximum atomic E-state index is 5.93. The van der Waals surface area contributed by atoms with Gasteiger partial charge in [0.1, 0.15) is 0 Å². The Morgan fingerprint density at radius 3 is 2.25 bits per heavy atom. The molecule has 88 valence electrons. The van der Waals surface area contributed by atoms with Gasteiger partial charge in [0.2, 0.25) is 0 Å². The molecule has 0 unspecified atom stereocenters. The summed E-state index contributed by atoms with van der Waals surface area (Å²) in [5, 5.41) is 0. The van der Waals surface area contributed by atoms with E-state index in [1.807, 2.05) is 0 Å². The Morgan fingerprint density at radius 2 is 1.69 bits per heavy atom. The van der Waals surface area contributed by atoms with E-state index in [0.717, 1.165) is 17.3 Å². The number of halogens is 1. The molecule has 2 nitrogen and oxygen atoms in total. The van der Waals surface area contributed by atoms with Crippen molar-refractivity contribution in [2.75, 3.05) is 11.9 Å². The number of benzene rings is 1. The van der Waals surface area contributed by atoms with Crippen LogP contribution in [0.1, 0.15) is 25.7 Å². The minimum Gasteiger partial charge on any atom is -0.372 e. The molecule has 0 aliphatic heterocycles. The molecule has 16 heavy (non-hydrogen) atoms. The molecule has 0 saturated heterocycles. The fraction of sp³-hybridized carbons (Fsp3) is 0.538. The van der Waals surface area contributed by atoms with Crippen LogP contribution in [0, 0.1) is 0 Å². The van der Waals surface area contributed by atoms with Crippen LogP contribution in [-0.4, -0.2) is 19.1 Å². The standard InChI is InChI=1S/C13H19BrN2/c1-16(12-6-2-10(14)3-7-12)13-8-4-11(15)5-9-13/h2-3,6-7,11,13H,4-5,8-9,15H2,1H3. The van der Waals surface area contributed by atoms with Gasteiger partial charge < -0.3 is 10.6 Å². The second kappa shape index (κ2) is 5.19. The summed E-state index contributed by atoms with van der Waals surface area (Å²) in [7, 11) is 2.19. The lowest BCUT2D eigenvalue weighted by molar-refractivity contribution is 0.385. The van der Waals surface area contributed by atoms with Gasteiger partial charge in [-0.3, -0.25) is 0 Å². The van der Waals surface area contributed by atoms with E-state index >= 15 is 0 Å². The first-order valence-corrected chi connectivity index (χ1v) is 6.70. The Hall–Kier alpha value is -0.540. The molecule has 2 N–H and O–H groups in total. The van der Waals surface area contributed by atoms with Crippen LogP contribution in [0.5, 0.6) is 0 Å². The second-order valence-corrected chi connectivity index (χ2v) is 5.57. The highest BCUT2D eigenvalue weighted by Gasteiger charge is 2.21. The van der Waals surface area contributed by atoms with Crippen molar-refractivity contribution in [3.05, 3.63) is 28.7 Å². The van der Waals surface area contributed by atoms with E-state index in [4.69, 9.17) is 5.73 Å². The molecule has 0 amide bonds. The number of nitrogens with zero attached hydrogens (tertiary/aromatic N) is 1. The summed E-state index contributed by atoms with van der Waals surface area (Å²) in [5.41, 5.74) is 7.23. The van der Waals surface area contributed by atoms with E-state index in [0.29, 0.717) is 12.1 Å². The van der Waals surface area contributed by atoms with Gasteiger partial charge in [-0.05, 0) is 49.9 Å². The first-order chi connectivity index (χ1) is 7.66. The average Bonchev–Trinajstić information content (AvgIpc) is 2.30. The smallest absolute Gasteiger partial charge is 0.0366 e. The molecule has 0 spiro atoms. The van der Waals surface area contributed by atoms with Crippen molar-refractivity contribution in [2.24, 2.45) is 5.73 Å². The van der Waals surface area contributed by atoms with Gasteiger partial charge >= 0.3 is 0 Å². The molecule has 1 fully saturated rings. The average molecular weight is 283 g/mol. The summed E-state index contributed by atoms with van der Waals surface area (Å²) in [4.78, 5) is 2.39. The minimum atomic E-state index is 0.426. The maximum Gasteiger partial charge on any atom is 0.0366 e. The lowest BCUT2D eigenvalue weighted by Gasteiger charge is -2.35. The number of anilines is 1. The molecule has 0 heterocycles. The van der Waals surface area contributed by atoms with Crippen LogP contribution >= 0.6 is 15.9 Å². The van der Waals surface area contributed by atoms with Gasteiger partial charge in [0.05, 0.1) is 0 Å². The Balaban J connectivity index is 2.01. The normalized spacial score (nSPS) is 25.4. The molecular formula is C13H19BrN2. The van der Waals surface area contributed by atoms with Crippen molar-refractivity contribution in [2.45, 2.75) is 37.8 Å². The summed E-state index contributed by atoms with van der Waals surface area (Å²) < 4.78 is 1.13. The van der Waals surface area contributed by atoms with Gasteiger partial charge in [-0.25, -0.2) is 0 Å². The van der Waals surface area contributed by atoms with Crippen molar-refractivity contribution in [3.63, 3.8) is 0 Å². The highest BCUT2D eigenvalue weighted by atomic mass is 79.9. The van der Waals surface area contributed by atoms with E-state index in [1.165, 1.54) is 18.5 Å². The molecule has 0 radical (unpaired) electrons. The lowest BCUT2D eigenvalue weighted by atomic mass is 9.91. The molecule has 0 bridgehead atoms. The van der Waals surface area contributed by atoms with Crippen LogP contribution in [0.15, 0.2) is 28.7 Å². The fourth-order valence-corrected chi connectivity index (χ4v) is 2.64. The third-order valence-electron chi connectivity index (χ3n) is 3.52. The van der Waals surface area contributed by atoms with E-state index in [-0.39, 0.29) is 0 Å². The lowest BCUT2D eigenvalue weighted by Crippen LogP contribution is -2.38. The quantitative estimate of drug-likeness (QED) is 0.903. The maximum absolute atomic E-state index is 5.93. The van der Waals surface area contributed by atoms with E-state index in [1.54, 1.807) is 0 Å². The second-order valence-electron chi connectivity index (χ2n) is 4.66. The zero-order valence-corrected chi connectivity index (χ0v) is 11.3. The van der Waals surface area contributed by atoms with Crippen LogP contribution in [-0.2, 0) is 0 Å². The summed E-state index contributed by atoms with van der Waals surface area (Å²) in [6.45, 7) is 0. The predicted molar refractivity (Wildman–Crippen MR) is 72.8 cm³/mol. The Bertz CT molecular complexity index is 328. The SMILES string of the molecule is CN(c1ccc(Br)cc1)C1CCC(N)CC1. The number of nitrogens with two attached hydrogens (primary N) is 1. The summed E-state index contributed by atoms with van der Waals surface area (Å²) in [6, 6.07) is 9.61. The third-order valence-corrected chi connectivity index (χ3v) is 4.05. The van der Waals surface area contributed by atoms with E-state index in [2.05, 4.69) is 52.1 Å². The van der Waals surface area contributed by atoms with E-state index in [9.17, 15) is 0 Å². The highest BCUT2D eigenvalue weighted by molar-refractivity contribution is 9.10. The summed E-state index contributed by atoms with van der Waals surface area (Å²) >= 11 is 3.46. The molecule has 1 aromatic carbocycles. The highest BCUT2D eigenvalue weighted by Crippen LogP contribution is 2.26. The van der Waals surface area contributed by atoms with Gasteiger partial charge in [0, 0.05) is 29.3 Å². The van der Waals surface area contributed by atoms with Crippen molar-refractivity contribution >= 4 is 21.6 Å². The zero-order chi connectivity index (χ0) is 11.5. The molecule has 1 aromatic rings. The van der Waals surface area contributed by atoms with Gasteiger partial charge in [-0.2, -0.15) is 0 Å². The zero-order valence-electron chi connectivity index (χ0n) is 9.70. The van der Waals surface area contributed by atoms with Gasteiger partial charge in [-0.1, -0.05) is 15.9 Å². The number of hydrogen-bond acceptors (Lipinski definition) is 2. The van der Waals surface area contributed by atoms with Gasteiger partial charge in [0.25, 0.3) is 0 Å². The molecular weight excluding hydrogens is 264 g/mol. The Labute approximate surface area is 106 Å². The van der Waals surface area contributed by atoms with Crippen molar-refractivity contribution in [1.29, 1.82) is 0 Å². The Kier molecular flexibility index (Phi) is 3.87. The predicted octanol–water partition coefficient (Wildman–Crippen LogP) is 3.16. The van der Waals surface area contributed by atoms with Crippen LogP contribution in [0.4, 0.5) is 5.69 Å². The fourth-order valence-electron chi connectivity index (χ4n) is 2.38. The first kappa shape index (κ1) is 11.9. The molecule has 3 heteroatoms. The van der Waals surface area contributed by atoms with Crippen LogP contribution in [0.3, 0.4) is 0 Å². The first-order valence-electron chi connectivity index (χ1n) is 5.91. The molecule has 0 aromatic heterocycles. The molecule has 1 saturated carbocycles. The minimum absolute atomic E-state index is 0.426. The molecule has 1 aliphatic carbocycles. The van der Waals surface area contributed by atoms with Crippen molar-refractivity contribution < 1.29 is 0 Å². The van der Waals surface area contributed by atoms with Crippen molar-refractivity contribution in [3.8, 4) is 0 Å².